The first kappa shape index (κ1) is 16.8. The lowest BCUT2D eigenvalue weighted by molar-refractivity contribution is 0.0999. The highest BCUT2D eigenvalue weighted by Crippen LogP contribution is 2.33. The number of furan rings is 1. The fourth-order valence-corrected chi connectivity index (χ4v) is 3.13. The molecule has 2 heterocycles. The van der Waals surface area contributed by atoms with Crippen LogP contribution in [0.1, 0.15) is 33.2 Å². The number of ether oxygens (including phenoxy) is 1. The molecule has 0 aliphatic heterocycles. The zero-order valence-corrected chi connectivity index (χ0v) is 14.6. The summed E-state index contributed by atoms with van der Waals surface area (Å²) in [6.45, 7) is 1.96. The van der Waals surface area contributed by atoms with Crippen LogP contribution in [-0.4, -0.2) is 17.2 Å². The van der Waals surface area contributed by atoms with Crippen LogP contribution >= 0.6 is 0 Å². The first-order chi connectivity index (χ1) is 13.1. The number of carbonyl (C=O) groups is 2. The van der Waals surface area contributed by atoms with E-state index in [-0.39, 0.29) is 0 Å². The molecule has 0 fully saturated rings. The third kappa shape index (κ3) is 2.91. The van der Waals surface area contributed by atoms with Crippen LogP contribution in [0, 0.1) is 0 Å². The Hall–Kier alpha value is -3.67. The van der Waals surface area contributed by atoms with E-state index in [0.29, 0.717) is 40.0 Å². The normalized spacial score (nSPS) is 11.0. The Balaban J connectivity index is 1.80. The third-order valence-corrected chi connectivity index (χ3v) is 4.50. The predicted molar refractivity (Wildman–Crippen MR) is 101 cm³/mol. The predicted octanol–water partition coefficient (Wildman–Crippen LogP) is 4.25. The Labute approximate surface area is 154 Å². The van der Waals surface area contributed by atoms with Crippen molar-refractivity contribution in [3.05, 3.63) is 65.5 Å². The first-order valence-electron chi connectivity index (χ1n) is 8.46. The SMILES string of the molecule is CCc1cc2nccc(Oc3ccc4c(C=O)coc4c3)c2cc1C(N)=O. The molecular weight excluding hydrogens is 344 g/mol. The number of nitrogens with two attached hydrogens (primary N) is 1. The van der Waals surface area contributed by atoms with Gasteiger partial charge in [-0.05, 0) is 42.3 Å². The topological polar surface area (TPSA) is 95.4 Å². The Morgan fingerprint density at radius 3 is 2.81 bits per heavy atom. The van der Waals surface area contributed by atoms with E-state index in [0.717, 1.165) is 22.8 Å². The second-order valence-corrected chi connectivity index (χ2v) is 6.12. The Bertz CT molecular complexity index is 1190. The summed E-state index contributed by atoms with van der Waals surface area (Å²) in [5.41, 5.74) is 8.59. The number of aryl methyl sites for hydroxylation is 1. The molecular formula is C21H16N2O4. The molecule has 134 valence electrons. The lowest BCUT2D eigenvalue weighted by Crippen LogP contribution is -2.13. The van der Waals surface area contributed by atoms with Crippen LogP contribution < -0.4 is 10.5 Å². The van der Waals surface area contributed by atoms with Crippen molar-refractivity contribution in [1.29, 1.82) is 0 Å². The molecule has 4 rings (SSSR count). The molecule has 0 radical (unpaired) electrons. The van der Waals surface area contributed by atoms with Gasteiger partial charge in [-0.3, -0.25) is 14.6 Å². The molecule has 27 heavy (non-hydrogen) atoms. The number of hydrogen-bond acceptors (Lipinski definition) is 5. The van der Waals surface area contributed by atoms with Crippen molar-refractivity contribution in [1.82, 2.24) is 4.98 Å². The van der Waals surface area contributed by atoms with Crippen molar-refractivity contribution in [2.24, 2.45) is 5.73 Å². The minimum absolute atomic E-state index is 0.458. The molecule has 0 saturated carbocycles. The van der Waals surface area contributed by atoms with Crippen LogP contribution in [0.25, 0.3) is 21.9 Å². The number of aromatic nitrogens is 1. The summed E-state index contributed by atoms with van der Waals surface area (Å²) in [6.07, 6.45) is 4.49. The molecule has 4 aromatic rings. The number of pyridine rings is 1. The highest BCUT2D eigenvalue weighted by molar-refractivity contribution is 6.00. The van der Waals surface area contributed by atoms with Crippen molar-refractivity contribution in [2.75, 3.05) is 0 Å². The average Bonchev–Trinajstić information content (AvgIpc) is 3.09. The van der Waals surface area contributed by atoms with Gasteiger partial charge >= 0.3 is 0 Å². The molecule has 0 aliphatic carbocycles. The van der Waals surface area contributed by atoms with Crippen molar-refractivity contribution in [3.8, 4) is 11.5 Å². The van der Waals surface area contributed by atoms with Crippen LogP contribution in [0.4, 0.5) is 0 Å². The highest BCUT2D eigenvalue weighted by atomic mass is 16.5. The summed E-state index contributed by atoms with van der Waals surface area (Å²) in [7, 11) is 0. The average molecular weight is 360 g/mol. The molecule has 1 amide bonds. The van der Waals surface area contributed by atoms with Gasteiger partial charge in [-0.25, -0.2) is 0 Å². The fourth-order valence-electron chi connectivity index (χ4n) is 3.13. The van der Waals surface area contributed by atoms with Crippen molar-refractivity contribution < 1.29 is 18.7 Å². The number of primary amides is 1. The smallest absolute Gasteiger partial charge is 0.249 e. The van der Waals surface area contributed by atoms with Gasteiger partial charge in [0.05, 0.1) is 11.1 Å². The van der Waals surface area contributed by atoms with Crippen molar-refractivity contribution in [2.45, 2.75) is 13.3 Å². The van der Waals surface area contributed by atoms with E-state index < -0.39 is 5.91 Å². The summed E-state index contributed by atoms with van der Waals surface area (Å²) >= 11 is 0. The molecule has 0 aliphatic rings. The molecule has 0 unspecified atom stereocenters. The molecule has 0 atom stereocenters. The van der Waals surface area contributed by atoms with Gasteiger partial charge in [0, 0.05) is 28.6 Å². The number of hydrogen-bond donors (Lipinski definition) is 1. The van der Waals surface area contributed by atoms with Crippen molar-refractivity contribution in [3.63, 3.8) is 0 Å². The molecule has 6 nitrogen and oxygen atoms in total. The maximum absolute atomic E-state index is 11.8. The van der Waals surface area contributed by atoms with Gasteiger partial charge in [0.25, 0.3) is 0 Å². The number of aldehydes is 1. The van der Waals surface area contributed by atoms with Gasteiger partial charge in [0.1, 0.15) is 23.3 Å². The molecule has 6 heteroatoms. The van der Waals surface area contributed by atoms with E-state index in [9.17, 15) is 9.59 Å². The second-order valence-electron chi connectivity index (χ2n) is 6.12. The molecule has 0 saturated heterocycles. The lowest BCUT2D eigenvalue weighted by Gasteiger charge is -2.11. The maximum atomic E-state index is 11.8. The Morgan fingerprint density at radius 2 is 2.07 bits per heavy atom. The van der Waals surface area contributed by atoms with Crippen LogP contribution in [0.3, 0.4) is 0 Å². The van der Waals surface area contributed by atoms with Crippen LogP contribution in [-0.2, 0) is 6.42 Å². The highest BCUT2D eigenvalue weighted by Gasteiger charge is 2.13. The summed E-state index contributed by atoms with van der Waals surface area (Å²) < 4.78 is 11.4. The lowest BCUT2D eigenvalue weighted by atomic mass is 10.0. The minimum Gasteiger partial charge on any atom is -0.463 e. The number of fused-ring (bicyclic) bond motifs is 2. The summed E-state index contributed by atoms with van der Waals surface area (Å²) in [6, 6.07) is 10.5. The number of nitrogens with zero attached hydrogens (tertiary/aromatic N) is 1. The number of benzene rings is 2. The zero-order chi connectivity index (χ0) is 19.0. The second kappa shape index (κ2) is 6.57. The van der Waals surface area contributed by atoms with E-state index in [4.69, 9.17) is 14.9 Å². The zero-order valence-electron chi connectivity index (χ0n) is 14.6. The maximum Gasteiger partial charge on any atom is 0.249 e. The largest absolute Gasteiger partial charge is 0.463 e. The number of carbonyl (C=O) groups excluding carboxylic acids is 2. The van der Waals surface area contributed by atoms with Gasteiger partial charge in [-0.15, -0.1) is 0 Å². The van der Waals surface area contributed by atoms with E-state index in [1.165, 1.54) is 6.26 Å². The molecule has 0 spiro atoms. The van der Waals surface area contributed by atoms with Gasteiger partial charge < -0.3 is 14.9 Å². The Kier molecular flexibility index (Phi) is 4.08. The van der Waals surface area contributed by atoms with E-state index in [1.54, 1.807) is 36.5 Å². The van der Waals surface area contributed by atoms with Crippen molar-refractivity contribution >= 4 is 34.1 Å². The van der Waals surface area contributed by atoms with E-state index in [1.807, 2.05) is 13.0 Å². The van der Waals surface area contributed by atoms with Gasteiger partial charge in [0.15, 0.2) is 6.29 Å². The minimum atomic E-state index is -0.484. The van der Waals surface area contributed by atoms with E-state index >= 15 is 0 Å². The standard InChI is InChI=1S/C21H16N2O4/c1-2-12-7-18-17(9-16(12)21(22)25)19(5-6-23-18)27-14-3-4-15-13(10-24)11-26-20(15)8-14/h3-11H,2H2,1H3,(H2,22,25). The fraction of sp³-hybridized carbons (Fsp3) is 0.0952. The molecule has 0 bridgehead atoms. The Morgan fingerprint density at radius 1 is 1.22 bits per heavy atom. The van der Waals surface area contributed by atoms with Gasteiger partial charge in [-0.2, -0.15) is 0 Å². The third-order valence-electron chi connectivity index (χ3n) is 4.50. The first-order valence-corrected chi connectivity index (χ1v) is 8.46. The van der Waals surface area contributed by atoms with Gasteiger partial charge in [0.2, 0.25) is 5.91 Å². The summed E-state index contributed by atoms with van der Waals surface area (Å²) in [5.74, 6) is 0.607. The van der Waals surface area contributed by atoms with Crippen LogP contribution in [0.2, 0.25) is 0 Å². The van der Waals surface area contributed by atoms with Crippen LogP contribution in [0.5, 0.6) is 11.5 Å². The number of rotatable bonds is 5. The van der Waals surface area contributed by atoms with Gasteiger partial charge in [-0.1, -0.05) is 6.92 Å². The number of amides is 1. The monoisotopic (exact) mass is 360 g/mol. The quantitative estimate of drug-likeness (QED) is 0.537. The van der Waals surface area contributed by atoms with Crippen LogP contribution in [0.15, 0.2) is 53.3 Å². The molecule has 2 aromatic carbocycles. The summed E-state index contributed by atoms with van der Waals surface area (Å²) in [4.78, 5) is 27.2. The van der Waals surface area contributed by atoms with E-state index in [2.05, 4.69) is 4.98 Å². The summed E-state index contributed by atoms with van der Waals surface area (Å²) in [5, 5.41) is 1.41. The molecule has 2 aromatic heterocycles. The molecule has 2 N–H and O–H groups in total.